The van der Waals surface area contributed by atoms with Gasteiger partial charge < -0.3 is 15.3 Å². The van der Waals surface area contributed by atoms with Crippen molar-refractivity contribution in [1.29, 1.82) is 0 Å². The first-order valence-corrected chi connectivity index (χ1v) is 9.11. The van der Waals surface area contributed by atoms with Crippen LogP contribution in [0.25, 0.3) is 0 Å². The minimum atomic E-state index is -0.266. The van der Waals surface area contributed by atoms with E-state index in [0.29, 0.717) is 6.54 Å². The molecule has 1 saturated heterocycles. The van der Waals surface area contributed by atoms with Crippen LogP contribution in [-0.2, 0) is 19.4 Å². The lowest BCUT2D eigenvalue weighted by Gasteiger charge is -2.19. The normalized spacial score (nSPS) is 24.2. The molecule has 21 heavy (non-hydrogen) atoms. The summed E-state index contributed by atoms with van der Waals surface area (Å²) >= 11 is 1.86. The maximum atomic E-state index is 10.1. The van der Waals surface area contributed by atoms with Crippen LogP contribution in [0.4, 0.5) is 0 Å². The number of fused-ring (bicyclic) bond motifs is 1. The van der Waals surface area contributed by atoms with Gasteiger partial charge in [0, 0.05) is 24.5 Å². The summed E-state index contributed by atoms with van der Waals surface area (Å²) in [7, 11) is 0. The molecule has 0 bridgehead atoms. The van der Waals surface area contributed by atoms with Gasteiger partial charge in [-0.25, -0.2) is 4.98 Å². The zero-order chi connectivity index (χ0) is 14.7. The second-order valence-corrected chi connectivity index (χ2v) is 7.79. The molecule has 5 heteroatoms. The van der Waals surface area contributed by atoms with Crippen LogP contribution >= 0.6 is 11.3 Å². The average Bonchev–Trinajstić information content (AvgIpc) is 3.07. The fourth-order valence-corrected chi connectivity index (χ4v) is 4.59. The van der Waals surface area contributed by atoms with Crippen molar-refractivity contribution in [1.82, 2.24) is 15.2 Å². The van der Waals surface area contributed by atoms with E-state index in [9.17, 15) is 5.11 Å². The van der Waals surface area contributed by atoms with Crippen LogP contribution < -0.4 is 5.32 Å². The third-order valence-corrected chi connectivity index (χ3v) is 5.67. The molecular formula is C16H27N3OS. The zero-order valence-corrected chi connectivity index (χ0v) is 13.8. The summed E-state index contributed by atoms with van der Waals surface area (Å²) in [6, 6.07) is 0. The highest BCUT2D eigenvalue weighted by Gasteiger charge is 2.20. The van der Waals surface area contributed by atoms with Gasteiger partial charge in [-0.05, 0) is 51.1 Å². The van der Waals surface area contributed by atoms with Crippen molar-refractivity contribution in [2.75, 3.05) is 26.2 Å². The van der Waals surface area contributed by atoms with E-state index in [2.05, 4.69) is 17.1 Å². The van der Waals surface area contributed by atoms with E-state index >= 15 is 0 Å². The first-order valence-electron chi connectivity index (χ1n) is 8.29. The van der Waals surface area contributed by atoms with Gasteiger partial charge in [-0.15, -0.1) is 11.3 Å². The number of hydrogen-bond acceptors (Lipinski definition) is 5. The number of β-amino-alcohol motifs (C(OH)–C–C–N with tert-alkyl or cyclic N) is 1. The molecule has 0 radical (unpaired) electrons. The van der Waals surface area contributed by atoms with Gasteiger partial charge in [0.05, 0.1) is 11.8 Å². The van der Waals surface area contributed by atoms with E-state index in [1.54, 1.807) is 0 Å². The van der Waals surface area contributed by atoms with Gasteiger partial charge in [-0.2, -0.15) is 0 Å². The number of hydrogen-bond donors (Lipinski definition) is 2. The molecule has 1 aliphatic carbocycles. The number of nitrogens with one attached hydrogen (secondary N) is 1. The van der Waals surface area contributed by atoms with Crippen molar-refractivity contribution < 1.29 is 5.11 Å². The number of thiazole rings is 1. The molecule has 1 fully saturated rings. The van der Waals surface area contributed by atoms with Crippen molar-refractivity contribution in [3.8, 4) is 0 Å². The summed E-state index contributed by atoms with van der Waals surface area (Å²) in [5.74, 6) is 0.807. The molecule has 0 spiro atoms. The topological polar surface area (TPSA) is 48.4 Å². The molecule has 0 saturated carbocycles. The molecular weight excluding hydrogens is 282 g/mol. The molecule has 2 aliphatic rings. The molecule has 0 amide bonds. The quantitative estimate of drug-likeness (QED) is 0.841. The fraction of sp³-hybridized carbons (Fsp3) is 0.812. The highest BCUT2D eigenvalue weighted by molar-refractivity contribution is 7.11. The Labute approximate surface area is 131 Å². The van der Waals surface area contributed by atoms with E-state index in [4.69, 9.17) is 4.98 Å². The first kappa shape index (κ1) is 15.4. The lowest BCUT2D eigenvalue weighted by atomic mass is 9.93. The van der Waals surface area contributed by atoms with Crippen LogP contribution in [0.2, 0.25) is 0 Å². The number of rotatable bonds is 6. The van der Waals surface area contributed by atoms with Crippen LogP contribution in [-0.4, -0.2) is 47.3 Å². The van der Waals surface area contributed by atoms with Crippen LogP contribution in [0.1, 0.15) is 41.8 Å². The number of aliphatic hydroxyl groups is 1. The Morgan fingerprint density at radius 3 is 3.05 bits per heavy atom. The third kappa shape index (κ3) is 4.25. The van der Waals surface area contributed by atoms with Gasteiger partial charge >= 0.3 is 0 Å². The molecule has 1 aliphatic heterocycles. The van der Waals surface area contributed by atoms with Crippen molar-refractivity contribution >= 4 is 11.3 Å². The molecule has 3 rings (SSSR count). The maximum absolute atomic E-state index is 10.1. The van der Waals surface area contributed by atoms with Crippen molar-refractivity contribution in [2.24, 2.45) is 5.92 Å². The van der Waals surface area contributed by atoms with Crippen LogP contribution in [0, 0.1) is 5.92 Å². The Bertz CT molecular complexity index is 456. The van der Waals surface area contributed by atoms with Gasteiger partial charge in [-0.3, -0.25) is 0 Å². The first-order chi connectivity index (χ1) is 10.2. The molecule has 0 aromatic carbocycles. The van der Waals surface area contributed by atoms with E-state index in [1.165, 1.54) is 41.3 Å². The fourth-order valence-electron chi connectivity index (χ4n) is 3.34. The van der Waals surface area contributed by atoms with Crippen LogP contribution in [0.3, 0.4) is 0 Å². The lowest BCUT2D eigenvalue weighted by molar-refractivity contribution is 0.123. The summed E-state index contributed by atoms with van der Waals surface area (Å²) in [5, 5.41) is 14.6. The number of nitrogens with zero attached hydrogens (tertiary/aromatic N) is 2. The Kier molecular flexibility index (Phi) is 5.27. The monoisotopic (exact) mass is 309 g/mol. The standard InChI is InChI=1S/C16H27N3OS/c1-12-4-5-14-15(8-12)21-16(18-14)10-17-9-13(20)11-19-6-2-3-7-19/h12-13,17,20H,2-11H2,1H3. The van der Waals surface area contributed by atoms with E-state index in [-0.39, 0.29) is 6.10 Å². The molecule has 1 aromatic heterocycles. The molecule has 2 heterocycles. The van der Waals surface area contributed by atoms with E-state index in [1.807, 2.05) is 11.3 Å². The second-order valence-electron chi connectivity index (χ2n) is 6.62. The molecule has 4 nitrogen and oxygen atoms in total. The summed E-state index contributed by atoms with van der Waals surface area (Å²) in [6.45, 7) is 6.89. The molecule has 2 atom stereocenters. The Hall–Kier alpha value is -0.490. The van der Waals surface area contributed by atoms with Crippen LogP contribution in [0.5, 0.6) is 0 Å². The highest BCUT2D eigenvalue weighted by Crippen LogP contribution is 2.29. The van der Waals surface area contributed by atoms with Gasteiger partial charge in [0.2, 0.25) is 0 Å². The smallest absolute Gasteiger partial charge is 0.107 e. The Morgan fingerprint density at radius 1 is 1.43 bits per heavy atom. The van der Waals surface area contributed by atoms with Gasteiger partial charge in [0.15, 0.2) is 0 Å². The lowest BCUT2D eigenvalue weighted by Crippen LogP contribution is -2.36. The third-order valence-electron chi connectivity index (χ3n) is 4.55. The van der Waals surface area contributed by atoms with E-state index in [0.717, 1.165) is 38.5 Å². The van der Waals surface area contributed by atoms with Crippen molar-refractivity contribution in [2.45, 2.75) is 51.7 Å². The van der Waals surface area contributed by atoms with Crippen LogP contribution in [0.15, 0.2) is 0 Å². The maximum Gasteiger partial charge on any atom is 0.107 e. The van der Waals surface area contributed by atoms with E-state index < -0.39 is 0 Å². The Morgan fingerprint density at radius 2 is 2.24 bits per heavy atom. The summed E-state index contributed by atoms with van der Waals surface area (Å²) in [5.41, 5.74) is 1.33. The zero-order valence-electron chi connectivity index (χ0n) is 13.0. The number of aromatic nitrogens is 1. The van der Waals surface area contributed by atoms with Crippen molar-refractivity contribution in [3.05, 3.63) is 15.6 Å². The van der Waals surface area contributed by atoms with Gasteiger partial charge in [0.25, 0.3) is 0 Å². The second kappa shape index (κ2) is 7.18. The number of likely N-dealkylation sites (tertiary alicyclic amines) is 1. The summed E-state index contributed by atoms with van der Waals surface area (Å²) < 4.78 is 0. The van der Waals surface area contributed by atoms with Gasteiger partial charge in [0.1, 0.15) is 5.01 Å². The minimum Gasteiger partial charge on any atom is -0.390 e. The molecule has 2 N–H and O–H groups in total. The molecule has 1 aromatic rings. The summed E-state index contributed by atoms with van der Waals surface area (Å²) in [4.78, 5) is 8.60. The Balaban J connectivity index is 1.41. The van der Waals surface area contributed by atoms with Gasteiger partial charge in [-0.1, -0.05) is 6.92 Å². The predicted octanol–water partition coefficient (Wildman–Crippen LogP) is 1.81. The predicted molar refractivity (Wildman–Crippen MR) is 86.7 cm³/mol. The minimum absolute atomic E-state index is 0.266. The number of aliphatic hydroxyl groups excluding tert-OH is 1. The SMILES string of the molecule is CC1CCc2nc(CNCC(O)CN3CCCC3)sc2C1. The molecule has 118 valence electrons. The molecule has 2 unspecified atom stereocenters. The number of aryl methyl sites for hydroxylation is 1. The summed E-state index contributed by atoms with van der Waals surface area (Å²) in [6.07, 6.45) is 5.91. The highest BCUT2D eigenvalue weighted by atomic mass is 32.1. The van der Waals surface area contributed by atoms with Crippen molar-refractivity contribution in [3.63, 3.8) is 0 Å². The largest absolute Gasteiger partial charge is 0.390 e. The average molecular weight is 309 g/mol.